The van der Waals surface area contributed by atoms with Crippen molar-refractivity contribution in [2.45, 2.75) is 38.4 Å². The molecular weight excluding hydrogens is 461 g/mol. The van der Waals surface area contributed by atoms with Gasteiger partial charge >= 0.3 is 6.18 Å². The molecule has 7 nitrogen and oxygen atoms in total. The molecule has 0 aliphatic heterocycles. The lowest BCUT2D eigenvalue weighted by molar-refractivity contribution is -0.142. The van der Waals surface area contributed by atoms with Crippen LogP contribution in [0.5, 0.6) is 11.6 Å². The largest absolute Gasteiger partial charge is 0.494 e. The molecule has 35 heavy (non-hydrogen) atoms. The lowest BCUT2D eigenvalue weighted by Gasteiger charge is -2.15. The first-order valence-corrected chi connectivity index (χ1v) is 11.3. The molecule has 0 saturated heterocycles. The third kappa shape index (κ3) is 4.55. The quantitative estimate of drug-likeness (QED) is 0.346. The lowest BCUT2D eigenvalue weighted by atomic mass is 9.95. The van der Waals surface area contributed by atoms with Crippen molar-refractivity contribution in [1.29, 1.82) is 0 Å². The number of nitrogens with one attached hydrogen (secondary N) is 2. The van der Waals surface area contributed by atoms with Crippen molar-refractivity contribution in [3.63, 3.8) is 0 Å². The van der Waals surface area contributed by atoms with E-state index in [9.17, 15) is 23.1 Å². The van der Waals surface area contributed by atoms with E-state index < -0.39 is 11.9 Å². The Morgan fingerprint density at radius 1 is 1.14 bits per heavy atom. The molecule has 2 aromatic carbocycles. The zero-order valence-corrected chi connectivity index (χ0v) is 18.7. The van der Waals surface area contributed by atoms with Crippen molar-refractivity contribution in [2.24, 2.45) is 0 Å². The van der Waals surface area contributed by atoms with E-state index in [0.29, 0.717) is 46.5 Å². The van der Waals surface area contributed by atoms with Crippen molar-refractivity contribution >= 4 is 22.4 Å². The second-order valence-corrected chi connectivity index (χ2v) is 8.44. The van der Waals surface area contributed by atoms with Gasteiger partial charge in [0.2, 0.25) is 0 Å². The minimum Gasteiger partial charge on any atom is -0.494 e. The number of aromatic hydroxyl groups is 1. The number of hydrogen-bond donors (Lipinski definition) is 3. The van der Waals surface area contributed by atoms with Crippen LogP contribution in [-0.2, 0) is 25.6 Å². The summed E-state index contributed by atoms with van der Waals surface area (Å²) >= 11 is 0. The van der Waals surface area contributed by atoms with Gasteiger partial charge in [-0.2, -0.15) is 18.3 Å². The predicted octanol–water partition coefficient (Wildman–Crippen LogP) is 5.30. The highest BCUT2D eigenvalue weighted by Gasteiger charge is 2.39. The van der Waals surface area contributed by atoms with Crippen LogP contribution in [-0.4, -0.2) is 32.4 Å². The molecule has 1 aliphatic carbocycles. The van der Waals surface area contributed by atoms with E-state index >= 15 is 0 Å². The van der Waals surface area contributed by atoms with Crippen LogP contribution >= 0.6 is 0 Å². The van der Waals surface area contributed by atoms with Gasteiger partial charge in [0.05, 0.1) is 17.6 Å². The molecule has 0 unspecified atom stereocenters. The second-order valence-electron chi connectivity index (χ2n) is 8.44. The van der Waals surface area contributed by atoms with Crippen molar-refractivity contribution in [2.75, 3.05) is 11.9 Å². The molecule has 2 heterocycles. The second kappa shape index (κ2) is 9.01. The van der Waals surface area contributed by atoms with Crippen LogP contribution in [0.1, 0.15) is 40.2 Å². The number of carbonyl (C=O) groups excluding carboxylic acids is 1. The molecular formula is C25H23F3N4O3. The maximum Gasteiger partial charge on any atom is 0.435 e. The van der Waals surface area contributed by atoms with Gasteiger partial charge in [-0.1, -0.05) is 12.1 Å². The smallest absolute Gasteiger partial charge is 0.435 e. The number of ether oxygens (including phenoxy) is 1. The molecule has 1 aliphatic rings. The zero-order valence-electron chi connectivity index (χ0n) is 18.7. The van der Waals surface area contributed by atoms with Gasteiger partial charge in [0.15, 0.2) is 11.6 Å². The Balaban J connectivity index is 1.22. The summed E-state index contributed by atoms with van der Waals surface area (Å²) in [5, 5.41) is 17.9. The number of amides is 1. The number of nitrogens with zero attached hydrogens (tertiary/aromatic N) is 2. The number of aromatic nitrogens is 3. The first kappa shape index (κ1) is 22.8. The standard InChI is InChI=1S/C25H23F3N4O3/c26-25(27,28)22-18-5-1-2-7-20(18)32(31-22)12-13-35-17-10-8-15(9-11-17)23(33)30-19-6-3-4-16-14-29-24(34)21(16)19/h3-4,6,8-11,14,29,34H,1-2,5,7,12-13H2,(H,30,33). The van der Waals surface area contributed by atoms with Gasteiger partial charge in [0.25, 0.3) is 5.91 Å². The summed E-state index contributed by atoms with van der Waals surface area (Å²) in [5.41, 5.74) is 1.03. The Bertz CT molecular complexity index is 1370. The van der Waals surface area contributed by atoms with Crippen molar-refractivity contribution in [3.05, 3.63) is 71.2 Å². The summed E-state index contributed by atoms with van der Waals surface area (Å²) in [6.07, 6.45) is -0.258. The van der Waals surface area contributed by atoms with Crippen LogP contribution in [0, 0.1) is 0 Å². The highest BCUT2D eigenvalue weighted by atomic mass is 19.4. The van der Waals surface area contributed by atoms with E-state index in [2.05, 4.69) is 15.4 Å². The van der Waals surface area contributed by atoms with Gasteiger partial charge in [-0.3, -0.25) is 9.48 Å². The minimum atomic E-state index is -4.46. The van der Waals surface area contributed by atoms with Crippen LogP contribution < -0.4 is 10.1 Å². The topological polar surface area (TPSA) is 92.2 Å². The molecule has 10 heteroatoms. The monoisotopic (exact) mass is 484 g/mol. The summed E-state index contributed by atoms with van der Waals surface area (Å²) in [7, 11) is 0. The van der Waals surface area contributed by atoms with Gasteiger partial charge in [0, 0.05) is 28.4 Å². The molecule has 0 saturated carbocycles. The number of rotatable bonds is 6. The van der Waals surface area contributed by atoms with E-state index in [0.717, 1.165) is 18.2 Å². The molecule has 1 amide bonds. The maximum absolute atomic E-state index is 13.3. The minimum absolute atomic E-state index is 0.0274. The number of fused-ring (bicyclic) bond motifs is 2. The summed E-state index contributed by atoms with van der Waals surface area (Å²) in [5.74, 6) is 0.108. The molecule has 2 aromatic heterocycles. The summed E-state index contributed by atoms with van der Waals surface area (Å²) in [6.45, 7) is 0.344. The van der Waals surface area contributed by atoms with E-state index in [1.54, 1.807) is 42.6 Å². The molecule has 0 radical (unpaired) electrons. The number of alkyl halides is 3. The normalized spacial score (nSPS) is 13.6. The first-order valence-electron chi connectivity index (χ1n) is 11.3. The Labute approximate surface area is 198 Å². The van der Waals surface area contributed by atoms with Crippen LogP contribution in [0.2, 0.25) is 0 Å². The van der Waals surface area contributed by atoms with Gasteiger partial charge in [-0.05, 0) is 56.0 Å². The maximum atomic E-state index is 13.3. The fraction of sp³-hybridized carbons (Fsp3) is 0.280. The number of aromatic amines is 1. The molecule has 0 fully saturated rings. The number of carbonyl (C=O) groups is 1. The highest BCUT2D eigenvalue weighted by molar-refractivity contribution is 6.10. The van der Waals surface area contributed by atoms with Crippen LogP contribution in [0.15, 0.2) is 48.7 Å². The Morgan fingerprint density at radius 3 is 2.69 bits per heavy atom. The number of H-pyrrole nitrogens is 1. The predicted molar refractivity (Wildman–Crippen MR) is 124 cm³/mol. The fourth-order valence-electron chi connectivity index (χ4n) is 4.51. The summed E-state index contributed by atoms with van der Waals surface area (Å²) in [4.78, 5) is 15.4. The Morgan fingerprint density at radius 2 is 1.91 bits per heavy atom. The lowest BCUT2D eigenvalue weighted by Crippen LogP contribution is -2.14. The first-order chi connectivity index (χ1) is 16.8. The average Bonchev–Trinajstić information content (AvgIpc) is 3.41. The molecule has 0 atom stereocenters. The van der Waals surface area contributed by atoms with Crippen LogP contribution in [0.25, 0.3) is 10.8 Å². The molecule has 182 valence electrons. The van der Waals surface area contributed by atoms with Crippen molar-refractivity contribution in [1.82, 2.24) is 14.8 Å². The Hall–Kier alpha value is -3.95. The molecule has 4 aromatic rings. The summed E-state index contributed by atoms with van der Waals surface area (Å²) < 4.78 is 47.1. The van der Waals surface area contributed by atoms with Gasteiger partial charge in [-0.15, -0.1) is 0 Å². The molecule has 0 spiro atoms. The Kier molecular flexibility index (Phi) is 5.88. The van der Waals surface area contributed by atoms with Crippen LogP contribution in [0.3, 0.4) is 0 Å². The number of benzene rings is 2. The van der Waals surface area contributed by atoms with E-state index in [1.807, 2.05) is 6.07 Å². The average molecular weight is 484 g/mol. The van der Waals surface area contributed by atoms with Crippen molar-refractivity contribution < 1.29 is 27.8 Å². The molecule has 3 N–H and O–H groups in total. The third-order valence-corrected chi connectivity index (χ3v) is 6.16. The van der Waals surface area contributed by atoms with Gasteiger partial charge < -0.3 is 20.1 Å². The fourth-order valence-corrected chi connectivity index (χ4v) is 4.51. The third-order valence-electron chi connectivity index (χ3n) is 6.16. The molecule has 0 bridgehead atoms. The van der Waals surface area contributed by atoms with Crippen LogP contribution in [0.4, 0.5) is 18.9 Å². The SMILES string of the molecule is O=C(Nc1cccc2c[nH]c(O)c12)c1ccc(OCCn2nc(C(F)(F)F)c3c2CCCC3)cc1. The summed E-state index contributed by atoms with van der Waals surface area (Å²) in [6, 6.07) is 11.7. The zero-order chi connectivity index (χ0) is 24.6. The number of halogens is 3. The number of anilines is 1. The van der Waals surface area contributed by atoms with E-state index in [4.69, 9.17) is 4.74 Å². The van der Waals surface area contributed by atoms with Gasteiger partial charge in [0.1, 0.15) is 12.4 Å². The van der Waals surface area contributed by atoms with Crippen molar-refractivity contribution in [3.8, 4) is 11.6 Å². The van der Waals surface area contributed by atoms with Gasteiger partial charge in [-0.25, -0.2) is 0 Å². The highest BCUT2D eigenvalue weighted by Crippen LogP contribution is 2.36. The van der Waals surface area contributed by atoms with E-state index in [-0.39, 0.29) is 24.9 Å². The van der Waals surface area contributed by atoms with E-state index in [1.165, 1.54) is 4.68 Å². The molecule has 5 rings (SSSR count). The number of hydrogen-bond acceptors (Lipinski definition) is 4.